The molecule has 1 aliphatic heterocycles. The molecule has 2 aromatic carbocycles. The minimum absolute atomic E-state index is 0.00304. The van der Waals surface area contributed by atoms with Crippen molar-refractivity contribution in [1.82, 2.24) is 10.2 Å². The second-order valence-corrected chi connectivity index (χ2v) is 8.09. The van der Waals surface area contributed by atoms with Crippen LogP contribution in [0.3, 0.4) is 0 Å². The molecule has 2 aromatic rings. The molecule has 8 nitrogen and oxygen atoms in total. The Morgan fingerprint density at radius 2 is 1.53 bits per heavy atom. The van der Waals surface area contributed by atoms with Crippen LogP contribution in [-0.4, -0.2) is 71.1 Å². The van der Waals surface area contributed by atoms with Crippen molar-refractivity contribution in [2.24, 2.45) is 0 Å². The number of amides is 2. The Morgan fingerprint density at radius 3 is 2.09 bits per heavy atom. The normalized spacial score (nSPS) is 15.8. The van der Waals surface area contributed by atoms with Gasteiger partial charge in [0.1, 0.15) is 0 Å². The first-order valence-electron chi connectivity index (χ1n) is 10.3. The van der Waals surface area contributed by atoms with Crippen LogP contribution in [-0.2, 0) is 16.1 Å². The van der Waals surface area contributed by atoms with Gasteiger partial charge in [-0.25, -0.2) is 0 Å². The van der Waals surface area contributed by atoms with E-state index in [0.29, 0.717) is 36.8 Å². The summed E-state index contributed by atoms with van der Waals surface area (Å²) in [5.74, 6) is -1.52. The van der Waals surface area contributed by atoms with Gasteiger partial charge in [-0.15, -0.1) is 0 Å². The summed E-state index contributed by atoms with van der Waals surface area (Å²) in [4.78, 5) is 39.7. The SMILES string of the molecule is CC(=O)c1ccc(N2CCN(C(=O)C(O)[C@@H](O)C(=O)NCc3ccc(Cl)cc3)CC2)cc1. The highest BCUT2D eigenvalue weighted by molar-refractivity contribution is 6.30. The molecule has 9 heteroatoms. The molecule has 3 N–H and O–H groups in total. The number of nitrogens with one attached hydrogen (secondary N) is 1. The monoisotopic (exact) mass is 459 g/mol. The third kappa shape index (κ3) is 5.85. The van der Waals surface area contributed by atoms with E-state index < -0.39 is 24.0 Å². The lowest BCUT2D eigenvalue weighted by Crippen LogP contribution is -2.55. The summed E-state index contributed by atoms with van der Waals surface area (Å²) in [7, 11) is 0. The predicted octanol–water partition coefficient (Wildman–Crippen LogP) is 1.23. The molecule has 0 aliphatic carbocycles. The molecule has 0 radical (unpaired) electrons. The van der Waals surface area contributed by atoms with Crippen LogP contribution in [0.15, 0.2) is 48.5 Å². The van der Waals surface area contributed by atoms with Gasteiger partial charge in [-0.3, -0.25) is 14.4 Å². The zero-order chi connectivity index (χ0) is 23.3. The van der Waals surface area contributed by atoms with Gasteiger partial charge in [-0.2, -0.15) is 0 Å². The third-order valence-corrected chi connectivity index (χ3v) is 5.68. The van der Waals surface area contributed by atoms with Crippen molar-refractivity contribution in [1.29, 1.82) is 0 Å². The number of anilines is 1. The molecule has 1 fully saturated rings. The maximum absolute atomic E-state index is 12.6. The molecule has 1 unspecified atom stereocenters. The van der Waals surface area contributed by atoms with Crippen molar-refractivity contribution in [3.63, 3.8) is 0 Å². The fourth-order valence-electron chi connectivity index (χ4n) is 3.45. The van der Waals surface area contributed by atoms with E-state index >= 15 is 0 Å². The second kappa shape index (κ2) is 10.6. The van der Waals surface area contributed by atoms with Gasteiger partial charge in [0.2, 0.25) is 0 Å². The highest BCUT2D eigenvalue weighted by Crippen LogP contribution is 2.18. The molecule has 2 amide bonds. The maximum atomic E-state index is 12.6. The number of aliphatic hydroxyl groups is 2. The minimum atomic E-state index is -1.87. The van der Waals surface area contributed by atoms with Gasteiger partial charge >= 0.3 is 0 Å². The highest BCUT2D eigenvalue weighted by Gasteiger charge is 2.34. The molecule has 1 saturated heterocycles. The number of Topliss-reactive ketones (excluding diaryl/α,β-unsaturated/α-hetero) is 1. The van der Waals surface area contributed by atoms with Gasteiger partial charge in [0, 0.05) is 49.0 Å². The van der Waals surface area contributed by atoms with Crippen LogP contribution in [0.4, 0.5) is 5.69 Å². The summed E-state index contributed by atoms with van der Waals surface area (Å²) in [5, 5.41) is 23.5. The standard InChI is InChI=1S/C23H26ClN3O5/c1-15(28)17-4-8-19(9-5-17)26-10-12-27(13-11-26)23(32)21(30)20(29)22(31)25-14-16-2-6-18(24)7-3-16/h2-9,20-21,29-30H,10-14H2,1H3,(H,25,31)/t20-,21?/m1/s1. The Bertz CT molecular complexity index is 957. The lowest BCUT2D eigenvalue weighted by Gasteiger charge is -2.37. The summed E-state index contributed by atoms with van der Waals surface area (Å²) in [6.07, 6.45) is -3.71. The molecule has 170 valence electrons. The van der Waals surface area contributed by atoms with Crippen LogP contribution in [0.5, 0.6) is 0 Å². The molecule has 0 bridgehead atoms. The number of ketones is 1. The third-order valence-electron chi connectivity index (χ3n) is 5.43. The van der Waals surface area contributed by atoms with Gasteiger partial charge in [0.15, 0.2) is 18.0 Å². The molecule has 0 aromatic heterocycles. The number of carbonyl (C=O) groups excluding carboxylic acids is 3. The number of carbonyl (C=O) groups is 3. The Labute approximate surface area is 191 Å². The van der Waals surface area contributed by atoms with Gasteiger partial charge < -0.3 is 25.3 Å². The molecule has 3 rings (SSSR count). The lowest BCUT2D eigenvalue weighted by atomic mass is 10.1. The van der Waals surface area contributed by atoms with Crippen molar-refractivity contribution in [3.8, 4) is 0 Å². The van der Waals surface area contributed by atoms with Gasteiger partial charge in [-0.1, -0.05) is 23.7 Å². The number of piperazine rings is 1. The first-order chi connectivity index (χ1) is 15.3. The van der Waals surface area contributed by atoms with E-state index in [2.05, 4.69) is 10.2 Å². The summed E-state index contributed by atoms with van der Waals surface area (Å²) in [6, 6.07) is 14.0. The summed E-state index contributed by atoms with van der Waals surface area (Å²) in [5.41, 5.74) is 2.33. The first kappa shape index (κ1) is 23.7. The van der Waals surface area contributed by atoms with Gasteiger partial charge in [-0.05, 0) is 48.9 Å². The average molecular weight is 460 g/mol. The molecule has 2 atom stereocenters. The maximum Gasteiger partial charge on any atom is 0.254 e. The predicted molar refractivity (Wildman–Crippen MR) is 121 cm³/mol. The number of aliphatic hydroxyl groups excluding tert-OH is 2. The molecule has 0 spiro atoms. The molecule has 1 aliphatic rings. The van der Waals surface area contributed by atoms with Crippen molar-refractivity contribution in [2.45, 2.75) is 25.7 Å². The topological polar surface area (TPSA) is 110 Å². The van der Waals surface area contributed by atoms with E-state index in [-0.39, 0.29) is 12.3 Å². The zero-order valence-corrected chi connectivity index (χ0v) is 18.5. The number of hydrogen-bond acceptors (Lipinski definition) is 6. The van der Waals surface area contributed by atoms with Crippen molar-refractivity contribution >= 4 is 34.9 Å². The zero-order valence-electron chi connectivity index (χ0n) is 17.7. The minimum Gasteiger partial charge on any atom is -0.380 e. The van der Waals surface area contributed by atoms with Gasteiger partial charge in [0.25, 0.3) is 11.8 Å². The fraction of sp³-hybridized carbons (Fsp3) is 0.348. The summed E-state index contributed by atoms with van der Waals surface area (Å²) >= 11 is 5.82. The van der Waals surface area contributed by atoms with E-state index in [0.717, 1.165) is 11.3 Å². The smallest absolute Gasteiger partial charge is 0.254 e. The first-order valence-corrected chi connectivity index (χ1v) is 10.7. The van der Waals surface area contributed by atoms with Crippen LogP contribution in [0.2, 0.25) is 5.02 Å². The van der Waals surface area contributed by atoms with Crippen LogP contribution < -0.4 is 10.2 Å². The highest BCUT2D eigenvalue weighted by atomic mass is 35.5. The second-order valence-electron chi connectivity index (χ2n) is 7.65. The quantitative estimate of drug-likeness (QED) is 0.537. The van der Waals surface area contributed by atoms with E-state index in [1.54, 1.807) is 36.4 Å². The van der Waals surface area contributed by atoms with Crippen LogP contribution in [0.1, 0.15) is 22.8 Å². The van der Waals surface area contributed by atoms with Crippen LogP contribution in [0, 0.1) is 0 Å². The number of rotatable bonds is 7. The van der Waals surface area contributed by atoms with Gasteiger partial charge in [0.05, 0.1) is 0 Å². The van der Waals surface area contributed by atoms with E-state index in [1.807, 2.05) is 12.1 Å². The number of hydrogen-bond donors (Lipinski definition) is 3. The molecule has 32 heavy (non-hydrogen) atoms. The largest absolute Gasteiger partial charge is 0.380 e. The lowest BCUT2D eigenvalue weighted by molar-refractivity contribution is -0.153. The number of benzene rings is 2. The molecule has 1 heterocycles. The Balaban J connectivity index is 1.49. The van der Waals surface area contributed by atoms with Crippen molar-refractivity contribution in [3.05, 3.63) is 64.7 Å². The van der Waals surface area contributed by atoms with Crippen molar-refractivity contribution in [2.75, 3.05) is 31.1 Å². The Kier molecular flexibility index (Phi) is 7.84. The van der Waals surface area contributed by atoms with E-state index in [1.165, 1.54) is 11.8 Å². The molecular weight excluding hydrogens is 434 g/mol. The molecule has 0 saturated carbocycles. The molecular formula is C23H26ClN3O5. The summed E-state index contributed by atoms with van der Waals surface area (Å²) in [6.45, 7) is 3.37. The Morgan fingerprint density at radius 1 is 0.938 bits per heavy atom. The van der Waals surface area contributed by atoms with E-state index in [4.69, 9.17) is 11.6 Å². The van der Waals surface area contributed by atoms with Crippen molar-refractivity contribution < 1.29 is 24.6 Å². The Hall–Kier alpha value is -2.94. The van der Waals surface area contributed by atoms with Crippen LogP contribution >= 0.6 is 11.6 Å². The average Bonchev–Trinajstić information content (AvgIpc) is 2.82. The van der Waals surface area contributed by atoms with E-state index in [9.17, 15) is 24.6 Å². The fourth-order valence-corrected chi connectivity index (χ4v) is 3.58. The van der Waals surface area contributed by atoms with Crippen LogP contribution in [0.25, 0.3) is 0 Å². The number of halogens is 1. The summed E-state index contributed by atoms with van der Waals surface area (Å²) < 4.78 is 0. The number of nitrogens with zero attached hydrogens (tertiary/aromatic N) is 2.